The van der Waals surface area contributed by atoms with Crippen molar-refractivity contribution in [2.24, 2.45) is 5.73 Å². The summed E-state index contributed by atoms with van der Waals surface area (Å²) < 4.78 is 0. The van der Waals surface area contributed by atoms with Gasteiger partial charge < -0.3 is 5.73 Å². The van der Waals surface area contributed by atoms with Crippen LogP contribution in [0.15, 0.2) is 30.3 Å². The fourth-order valence-electron chi connectivity index (χ4n) is 2.73. The van der Waals surface area contributed by atoms with Gasteiger partial charge in [0.1, 0.15) is 0 Å². The van der Waals surface area contributed by atoms with Crippen molar-refractivity contribution in [1.29, 1.82) is 0 Å². The molecule has 0 spiro atoms. The quantitative estimate of drug-likeness (QED) is 0.871. The van der Waals surface area contributed by atoms with Crippen LogP contribution in [0.25, 0.3) is 0 Å². The fraction of sp³-hybridized carbons (Fsp3) is 0.500. The molecule has 114 valence electrons. The Kier molecular flexibility index (Phi) is 5.47. The molecule has 0 heterocycles. The standard InChI is InChI=1S/C16H23N3O2/c1-19(14-9-7-13(17)8-10-14)11-15(20)18-16(21)12-5-3-2-4-6-12/h2-6,13-14H,7-11,17H2,1H3,(H,18,20,21). The lowest BCUT2D eigenvalue weighted by Crippen LogP contribution is -2.44. The van der Waals surface area contributed by atoms with Crippen LogP contribution < -0.4 is 11.1 Å². The monoisotopic (exact) mass is 289 g/mol. The fourth-order valence-corrected chi connectivity index (χ4v) is 2.73. The maximum absolute atomic E-state index is 11.9. The summed E-state index contributed by atoms with van der Waals surface area (Å²) in [7, 11) is 1.92. The van der Waals surface area contributed by atoms with Gasteiger partial charge in [-0.1, -0.05) is 18.2 Å². The minimum Gasteiger partial charge on any atom is -0.328 e. The molecule has 0 unspecified atom stereocenters. The minimum atomic E-state index is -0.348. The lowest BCUT2D eigenvalue weighted by Gasteiger charge is -2.32. The molecule has 2 amide bonds. The van der Waals surface area contributed by atoms with E-state index >= 15 is 0 Å². The molecule has 5 nitrogen and oxygen atoms in total. The van der Waals surface area contributed by atoms with E-state index in [4.69, 9.17) is 5.73 Å². The minimum absolute atomic E-state index is 0.235. The van der Waals surface area contributed by atoms with Crippen LogP contribution in [0, 0.1) is 0 Å². The van der Waals surface area contributed by atoms with E-state index in [1.54, 1.807) is 24.3 Å². The lowest BCUT2D eigenvalue weighted by atomic mass is 9.91. The Hall–Kier alpha value is -1.72. The summed E-state index contributed by atoms with van der Waals surface area (Å²) in [6, 6.07) is 9.43. The molecule has 0 saturated heterocycles. The van der Waals surface area contributed by atoms with Crippen LogP contribution in [0.4, 0.5) is 0 Å². The second-order valence-corrected chi connectivity index (χ2v) is 5.73. The number of nitrogens with zero attached hydrogens (tertiary/aromatic N) is 1. The van der Waals surface area contributed by atoms with Crippen molar-refractivity contribution in [1.82, 2.24) is 10.2 Å². The number of carbonyl (C=O) groups is 2. The van der Waals surface area contributed by atoms with E-state index in [0.29, 0.717) is 17.6 Å². The Morgan fingerprint density at radius 3 is 2.43 bits per heavy atom. The van der Waals surface area contributed by atoms with E-state index in [9.17, 15) is 9.59 Å². The Balaban J connectivity index is 1.80. The van der Waals surface area contributed by atoms with Crippen LogP contribution in [0.2, 0.25) is 0 Å². The van der Waals surface area contributed by atoms with Gasteiger partial charge in [0.25, 0.3) is 5.91 Å². The molecular formula is C16H23N3O2. The number of hydrogen-bond donors (Lipinski definition) is 2. The first-order valence-corrected chi connectivity index (χ1v) is 7.41. The van der Waals surface area contributed by atoms with Gasteiger partial charge in [0.05, 0.1) is 6.54 Å². The van der Waals surface area contributed by atoms with E-state index in [1.165, 1.54) is 0 Å². The molecule has 0 atom stereocenters. The first-order chi connectivity index (χ1) is 10.1. The number of rotatable bonds is 4. The average molecular weight is 289 g/mol. The number of benzene rings is 1. The van der Waals surface area contributed by atoms with Crippen molar-refractivity contribution in [3.05, 3.63) is 35.9 Å². The van der Waals surface area contributed by atoms with Crippen molar-refractivity contribution >= 4 is 11.8 Å². The molecule has 5 heteroatoms. The highest BCUT2D eigenvalue weighted by atomic mass is 16.2. The number of nitrogens with one attached hydrogen (secondary N) is 1. The molecular weight excluding hydrogens is 266 g/mol. The van der Waals surface area contributed by atoms with Crippen LogP contribution >= 0.6 is 0 Å². The molecule has 0 radical (unpaired) electrons. The van der Waals surface area contributed by atoms with Crippen LogP contribution in [-0.4, -0.2) is 42.4 Å². The summed E-state index contributed by atoms with van der Waals surface area (Å²) in [5.74, 6) is -0.610. The topological polar surface area (TPSA) is 75.4 Å². The molecule has 1 aliphatic rings. The van der Waals surface area contributed by atoms with Gasteiger partial charge in [-0.2, -0.15) is 0 Å². The summed E-state index contributed by atoms with van der Waals surface area (Å²) in [6.45, 7) is 0.235. The Labute approximate surface area is 125 Å². The number of imide groups is 1. The van der Waals surface area contributed by atoms with Gasteiger partial charge >= 0.3 is 0 Å². The predicted octanol–water partition coefficient (Wildman–Crippen LogP) is 1.14. The summed E-state index contributed by atoms with van der Waals surface area (Å²) in [6.07, 6.45) is 4.02. The highest BCUT2D eigenvalue weighted by Crippen LogP contribution is 2.20. The van der Waals surface area contributed by atoms with Crippen molar-refractivity contribution in [2.45, 2.75) is 37.8 Å². The summed E-state index contributed by atoms with van der Waals surface area (Å²) in [5, 5.41) is 2.43. The van der Waals surface area contributed by atoms with Gasteiger partial charge in [0.15, 0.2) is 0 Å². The molecule has 0 aromatic heterocycles. The predicted molar refractivity (Wildman–Crippen MR) is 81.8 cm³/mol. The second-order valence-electron chi connectivity index (χ2n) is 5.73. The molecule has 1 aromatic carbocycles. The average Bonchev–Trinajstić information content (AvgIpc) is 2.48. The zero-order chi connectivity index (χ0) is 15.2. The van der Waals surface area contributed by atoms with Crippen molar-refractivity contribution < 1.29 is 9.59 Å². The SMILES string of the molecule is CN(CC(=O)NC(=O)c1ccccc1)C1CCC(N)CC1. The number of likely N-dealkylation sites (N-methyl/N-ethyl adjacent to an activating group) is 1. The number of amides is 2. The third-order valence-corrected chi connectivity index (χ3v) is 4.05. The second kappa shape index (κ2) is 7.33. The van der Waals surface area contributed by atoms with Gasteiger partial charge in [0.2, 0.25) is 5.91 Å². The molecule has 2 rings (SSSR count). The zero-order valence-corrected chi connectivity index (χ0v) is 12.4. The summed E-state index contributed by atoms with van der Waals surface area (Å²) in [4.78, 5) is 25.8. The molecule has 3 N–H and O–H groups in total. The van der Waals surface area contributed by atoms with Crippen molar-refractivity contribution in [3.8, 4) is 0 Å². The third kappa shape index (κ3) is 4.65. The smallest absolute Gasteiger partial charge is 0.257 e. The Morgan fingerprint density at radius 2 is 1.81 bits per heavy atom. The first kappa shape index (κ1) is 15.7. The van der Waals surface area contributed by atoms with Crippen molar-refractivity contribution in [2.75, 3.05) is 13.6 Å². The van der Waals surface area contributed by atoms with Crippen LogP contribution in [0.5, 0.6) is 0 Å². The first-order valence-electron chi connectivity index (χ1n) is 7.41. The van der Waals surface area contributed by atoms with E-state index in [2.05, 4.69) is 5.32 Å². The van der Waals surface area contributed by atoms with E-state index in [1.807, 2.05) is 18.0 Å². The van der Waals surface area contributed by atoms with Gasteiger partial charge in [-0.3, -0.25) is 19.8 Å². The molecule has 1 aromatic rings. The normalized spacial score (nSPS) is 22.0. The largest absolute Gasteiger partial charge is 0.328 e. The third-order valence-electron chi connectivity index (χ3n) is 4.05. The molecule has 21 heavy (non-hydrogen) atoms. The van der Waals surface area contributed by atoms with Gasteiger partial charge in [0, 0.05) is 17.6 Å². The van der Waals surface area contributed by atoms with Crippen LogP contribution in [-0.2, 0) is 4.79 Å². The molecule has 1 aliphatic carbocycles. The van der Waals surface area contributed by atoms with Crippen molar-refractivity contribution in [3.63, 3.8) is 0 Å². The Bertz CT molecular complexity index is 482. The Morgan fingerprint density at radius 1 is 1.19 bits per heavy atom. The summed E-state index contributed by atoms with van der Waals surface area (Å²) in [5.41, 5.74) is 6.38. The van der Waals surface area contributed by atoms with E-state index < -0.39 is 0 Å². The number of carbonyl (C=O) groups excluding carboxylic acids is 2. The lowest BCUT2D eigenvalue weighted by molar-refractivity contribution is -0.121. The van der Waals surface area contributed by atoms with Gasteiger partial charge in [-0.05, 0) is 44.9 Å². The van der Waals surface area contributed by atoms with E-state index in [-0.39, 0.29) is 18.4 Å². The van der Waals surface area contributed by atoms with Crippen LogP contribution in [0.1, 0.15) is 36.0 Å². The van der Waals surface area contributed by atoms with E-state index in [0.717, 1.165) is 25.7 Å². The van der Waals surface area contributed by atoms with Crippen LogP contribution in [0.3, 0.4) is 0 Å². The molecule has 0 bridgehead atoms. The number of hydrogen-bond acceptors (Lipinski definition) is 4. The maximum atomic E-state index is 11.9. The molecule has 1 fully saturated rings. The maximum Gasteiger partial charge on any atom is 0.257 e. The number of nitrogens with two attached hydrogens (primary N) is 1. The van der Waals surface area contributed by atoms with Gasteiger partial charge in [-0.15, -0.1) is 0 Å². The molecule has 1 saturated carbocycles. The molecule has 0 aliphatic heterocycles. The summed E-state index contributed by atoms with van der Waals surface area (Å²) >= 11 is 0. The zero-order valence-electron chi connectivity index (χ0n) is 12.4. The van der Waals surface area contributed by atoms with Gasteiger partial charge in [-0.25, -0.2) is 0 Å². The highest BCUT2D eigenvalue weighted by Gasteiger charge is 2.23. The highest BCUT2D eigenvalue weighted by molar-refractivity contribution is 6.05.